The van der Waals surface area contributed by atoms with Crippen LogP contribution in [0.3, 0.4) is 0 Å². The molecule has 0 radical (unpaired) electrons. The van der Waals surface area contributed by atoms with Gasteiger partial charge in [-0.25, -0.2) is 0 Å². The molecule has 1 saturated heterocycles. The van der Waals surface area contributed by atoms with E-state index >= 15 is 0 Å². The molecular formula is C19H27ClN2O5. The lowest BCUT2D eigenvalue weighted by Gasteiger charge is -2.36. The molecule has 27 heavy (non-hydrogen) atoms. The number of β-amino-alcohol motifs (C(OH)–C–C–N with tert-alkyl or cyclic N) is 1. The van der Waals surface area contributed by atoms with E-state index in [1.807, 2.05) is 0 Å². The number of benzene rings is 1. The van der Waals surface area contributed by atoms with Crippen LogP contribution >= 0.6 is 11.6 Å². The van der Waals surface area contributed by atoms with Crippen LogP contribution in [0, 0.1) is 5.92 Å². The molecule has 3 rings (SSSR count). The molecule has 1 fully saturated rings. The highest BCUT2D eigenvalue weighted by molar-refractivity contribution is 6.31. The zero-order chi connectivity index (χ0) is 19.2. The highest BCUT2D eigenvalue weighted by Gasteiger charge is 2.28. The van der Waals surface area contributed by atoms with Crippen molar-refractivity contribution in [2.24, 2.45) is 5.92 Å². The zero-order valence-corrected chi connectivity index (χ0v) is 16.3. The Morgan fingerprint density at radius 2 is 2.22 bits per heavy atom. The minimum Gasteiger partial charge on any atom is -0.486 e. The van der Waals surface area contributed by atoms with Gasteiger partial charge in [-0.15, -0.1) is 0 Å². The van der Waals surface area contributed by atoms with E-state index in [1.165, 1.54) is 0 Å². The third kappa shape index (κ3) is 5.25. The Balaban J connectivity index is 1.53. The fourth-order valence-corrected chi connectivity index (χ4v) is 3.74. The van der Waals surface area contributed by atoms with Crippen molar-refractivity contribution < 1.29 is 24.1 Å². The molecule has 8 heteroatoms. The van der Waals surface area contributed by atoms with Crippen molar-refractivity contribution in [1.29, 1.82) is 0 Å². The summed E-state index contributed by atoms with van der Waals surface area (Å²) >= 11 is 6.10. The molecule has 0 aliphatic carbocycles. The minimum absolute atomic E-state index is 0.0276. The van der Waals surface area contributed by atoms with Crippen molar-refractivity contribution in [3.8, 4) is 11.5 Å². The van der Waals surface area contributed by atoms with E-state index in [0.717, 1.165) is 32.5 Å². The van der Waals surface area contributed by atoms with Crippen LogP contribution in [0.15, 0.2) is 12.1 Å². The molecule has 0 aromatic heterocycles. The monoisotopic (exact) mass is 398 g/mol. The molecule has 1 amide bonds. The molecule has 1 aromatic carbocycles. The van der Waals surface area contributed by atoms with Crippen LogP contribution in [0.25, 0.3) is 0 Å². The van der Waals surface area contributed by atoms with Gasteiger partial charge in [0.15, 0.2) is 11.5 Å². The van der Waals surface area contributed by atoms with E-state index in [1.54, 1.807) is 19.2 Å². The summed E-state index contributed by atoms with van der Waals surface area (Å²) in [5.41, 5.74) is 0.365. The number of nitrogens with one attached hydrogen (secondary N) is 1. The predicted octanol–water partition coefficient (Wildman–Crippen LogP) is 1.56. The van der Waals surface area contributed by atoms with E-state index in [-0.39, 0.29) is 11.8 Å². The van der Waals surface area contributed by atoms with Crippen molar-refractivity contribution in [1.82, 2.24) is 10.2 Å². The summed E-state index contributed by atoms with van der Waals surface area (Å²) in [7, 11) is 1.69. The predicted molar refractivity (Wildman–Crippen MR) is 102 cm³/mol. The topological polar surface area (TPSA) is 80.3 Å². The van der Waals surface area contributed by atoms with Gasteiger partial charge >= 0.3 is 0 Å². The van der Waals surface area contributed by atoms with Crippen LogP contribution in [0.5, 0.6) is 11.5 Å². The number of hydrogen-bond donors (Lipinski definition) is 2. The van der Waals surface area contributed by atoms with Crippen molar-refractivity contribution in [2.45, 2.75) is 18.9 Å². The molecule has 1 unspecified atom stereocenters. The van der Waals surface area contributed by atoms with Gasteiger partial charge in [0, 0.05) is 50.4 Å². The molecule has 150 valence electrons. The Hall–Kier alpha value is -1.54. The van der Waals surface area contributed by atoms with Gasteiger partial charge < -0.3 is 29.5 Å². The summed E-state index contributed by atoms with van der Waals surface area (Å²) in [6.07, 6.45) is 1.32. The van der Waals surface area contributed by atoms with Crippen LogP contribution in [0.4, 0.5) is 0 Å². The van der Waals surface area contributed by atoms with Gasteiger partial charge in [0.05, 0.1) is 11.7 Å². The standard InChI is InChI=1S/C19H27ClN2O5/c1-25-6-2-4-22-5-3-13(16(23)12-22)11-21-19(24)15-9-14(20)10-17-18(15)27-8-7-26-17/h9-10,13,16,23H,2-8,11-12H2,1H3,(H,21,24)/t13-,16?/m0/s1. The van der Waals surface area contributed by atoms with Gasteiger partial charge in [-0.3, -0.25) is 4.79 Å². The van der Waals surface area contributed by atoms with Crippen LogP contribution < -0.4 is 14.8 Å². The third-order valence-electron chi connectivity index (χ3n) is 5.00. The second-order valence-corrected chi connectivity index (χ2v) is 7.39. The first-order chi connectivity index (χ1) is 13.1. The van der Waals surface area contributed by atoms with Crippen molar-refractivity contribution in [2.75, 3.05) is 53.1 Å². The van der Waals surface area contributed by atoms with Gasteiger partial charge in [-0.1, -0.05) is 11.6 Å². The van der Waals surface area contributed by atoms with Gasteiger partial charge in [0.25, 0.3) is 5.91 Å². The zero-order valence-electron chi connectivity index (χ0n) is 15.6. The van der Waals surface area contributed by atoms with Crippen molar-refractivity contribution in [3.05, 3.63) is 22.7 Å². The Morgan fingerprint density at radius 3 is 3.00 bits per heavy atom. The van der Waals surface area contributed by atoms with Crippen LogP contribution in [-0.4, -0.2) is 75.1 Å². The number of halogens is 1. The molecule has 0 bridgehead atoms. The number of nitrogens with zero attached hydrogens (tertiary/aromatic N) is 1. The Bertz CT molecular complexity index is 657. The number of piperidine rings is 1. The normalized spacial score (nSPS) is 22.5. The lowest BCUT2D eigenvalue weighted by atomic mass is 9.93. The summed E-state index contributed by atoms with van der Waals surface area (Å²) in [6, 6.07) is 3.23. The second kappa shape index (κ2) is 9.59. The number of rotatable bonds is 7. The molecular weight excluding hydrogens is 372 g/mol. The average Bonchev–Trinajstić information content (AvgIpc) is 2.66. The maximum Gasteiger partial charge on any atom is 0.255 e. The molecule has 0 spiro atoms. The fraction of sp³-hybridized carbons (Fsp3) is 0.632. The number of hydrogen-bond acceptors (Lipinski definition) is 6. The molecule has 2 heterocycles. The number of carbonyl (C=O) groups excluding carboxylic acids is 1. The average molecular weight is 399 g/mol. The summed E-state index contributed by atoms with van der Waals surface area (Å²) < 4.78 is 16.2. The maximum absolute atomic E-state index is 12.6. The van der Waals surface area contributed by atoms with E-state index < -0.39 is 6.10 Å². The lowest BCUT2D eigenvalue weighted by molar-refractivity contribution is 0.0192. The number of methoxy groups -OCH3 is 1. The first-order valence-corrected chi connectivity index (χ1v) is 9.73. The van der Waals surface area contributed by atoms with E-state index in [0.29, 0.717) is 48.4 Å². The number of carbonyl (C=O) groups is 1. The summed E-state index contributed by atoms with van der Waals surface area (Å²) in [5.74, 6) is 0.675. The maximum atomic E-state index is 12.6. The first-order valence-electron chi connectivity index (χ1n) is 9.35. The van der Waals surface area contributed by atoms with Gasteiger partial charge in [-0.05, 0) is 25.5 Å². The summed E-state index contributed by atoms with van der Waals surface area (Å²) in [5, 5.41) is 13.8. The number of likely N-dealkylation sites (tertiary alicyclic amines) is 1. The Kier molecular flexibility index (Phi) is 7.18. The summed E-state index contributed by atoms with van der Waals surface area (Å²) in [4.78, 5) is 14.9. The van der Waals surface area contributed by atoms with E-state index in [4.69, 9.17) is 25.8 Å². The highest BCUT2D eigenvalue weighted by Crippen LogP contribution is 2.36. The minimum atomic E-state index is -0.463. The molecule has 2 atom stereocenters. The van der Waals surface area contributed by atoms with E-state index in [2.05, 4.69) is 10.2 Å². The van der Waals surface area contributed by atoms with Gasteiger partial charge in [-0.2, -0.15) is 0 Å². The Labute approximate surface area is 164 Å². The smallest absolute Gasteiger partial charge is 0.255 e. The third-order valence-corrected chi connectivity index (χ3v) is 5.22. The van der Waals surface area contributed by atoms with Gasteiger partial charge in [0.1, 0.15) is 13.2 Å². The lowest BCUT2D eigenvalue weighted by Crippen LogP contribution is -2.48. The number of fused-ring (bicyclic) bond motifs is 1. The van der Waals surface area contributed by atoms with Crippen LogP contribution in [0.1, 0.15) is 23.2 Å². The second-order valence-electron chi connectivity index (χ2n) is 6.95. The number of aliphatic hydroxyl groups is 1. The first kappa shape index (κ1) is 20.2. The number of ether oxygens (including phenoxy) is 3. The fourth-order valence-electron chi connectivity index (χ4n) is 3.53. The Morgan fingerprint density at radius 1 is 1.41 bits per heavy atom. The summed E-state index contributed by atoms with van der Waals surface area (Å²) in [6.45, 7) is 4.41. The van der Waals surface area contributed by atoms with Crippen molar-refractivity contribution in [3.63, 3.8) is 0 Å². The van der Waals surface area contributed by atoms with E-state index in [9.17, 15) is 9.90 Å². The quantitative estimate of drug-likeness (QED) is 0.678. The molecule has 0 saturated carbocycles. The SMILES string of the molecule is COCCCN1CC[C@@H](CNC(=O)c2cc(Cl)cc3c2OCCO3)C(O)C1. The van der Waals surface area contributed by atoms with Crippen molar-refractivity contribution >= 4 is 17.5 Å². The largest absolute Gasteiger partial charge is 0.486 e. The highest BCUT2D eigenvalue weighted by atomic mass is 35.5. The van der Waals surface area contributed by atoms with Crippen LogP contribution in [0.2, 0.25) is 5.02 Å². The molecule has 7 nitrogen and oxygen atoms in total. The number of aliphatic hydroxyl groups excluding tert-OH is 1. The molecule has 1 aromatic rings. The van der Waals surface area contributed by atoms with Crippen LogP contribution in [-0.2, 0) is 4.74 Å². The molecule has 2 aliphatic rings. The van der Waals surface area contributed by atoms with Gasteiger partial charge in [0.2, 0.25) is 0 Å². The molecule has 2 aliphatic heterocycles. The molecule has 2 N–H and O–H groups in total. The number of amides is 1.